The normalized spacial score (nSPS) is 14.4. The van der Waals surface area contributed by atoms with E-state index >= 15 is 0 Å². The van der Waals surface area contributed by atoms with E-state index in [1.54, 1.807) is 6.08 Å². The van der Waals surface area contributed by atoms with Crippen LogP contribution in [0.1, 0.15) is 26.2 Å². The first-order valence-corrected chi connectivity index (χ1v) is 4.41. The van der Waals surface area contributed by atoms with Crippen LogP contribution in [-0.4, -0.2) is 17.1 Å². The fraction of sp³-hybridized carbons (Fsp3) is 0.625. The first kappa shape index (κ1) is 11.5. The van der Waals surface area contributed by atoms with Crippen molar-refractivity contribution >= 4 is 18.6 Å². The summed E-state index contributed by atoms with van der Waals surface area (Å²) in [5, 5.41) is 8.49. The van der Waals surface area contributed by atoms with Crippen LogP contribution in [0, 0.1) is 0 Å². The summed E-state index contributed by atoms with van der Waals surface area (Å²) in [5.41, 5.74) is 5.30. The minimum absolute atomic E-state index is 0.441. The summed E-state index contributed by atoms with van der Waals surface area (Å²) in [6.07, 6.45) is 4.73. The first-order valence-electron chi connectivity index (χ1n) is 3.97. The number of nitrogens with two attached hydrogens (primary N) is 1. The van der Waals surface area contributed by atoms with Crippen molar-refractivity contribution in [1.82, 2.24) is 0 Å². The number of aliphatic carboxylic acids is 1. The van der Waals surface area contributed by atoms with Crippen LogP contribution in [0.15, 0.2) is 11.0 Å². The van der Waals surface area contributed by atoms with Crippen molar-refractivity contribution in [3.05, 3.63) is 11.0 Å². The number of carboxylic acid groups (broad SMARTS) is 1. The fourth-order valence-electron chi connectivity index (χ4n) is 0.708. The monoisotopic (exact) mass is 189 g/mol. The van der Waals surface area contributed by atoms with E-state index < -0.39 is 12.0 Å². The van der Waals surface area contributed by atoms with Gasteiger partial charge in [0.05, 0.1) is 0 Å². The molecule has 0 aliphatic rings. The van der Waals surface area contributed by atoms with Crippen molar-refractivity contribution in [1.29, 1.82) is 0 Å². The van der Waals surface area contributed by atoms with Crippen LogP contribution in [0.3, 0.4) is 0 Å². The lowest BCUT2D eigenvalue weighted by Crippen LogP contribution is -2.30. The van der Waals surface area contributed by atoms with Crippen LogP contribution in [0.4, 0.5) is 0 Å². The standard InChI is InChI=1S/C8H15NO2S/c1-2-3-4-5-6(12)7(9)8(10)11/h5,7,12H,2-4,9H2,1H3,(H,10,11). The van der Waals surface area contributed by atoms with E-state index in [2.05, 4.69) is 19.6 Å². The van der Waals surface area contributed by atoms with Crippen LogP contribution in [-0.2, 0) is 4.79 Å². The third kappa shape index (κ3) is 4.41. The molecule has 3 N–H and O–H groups in total. The van der Waals surface area contributed by atoms with Crippen molar-refractivity contribution in [2.45, 2.75) is 32.2 Å². The Hall–Kier alpha value is -0.480. The van der Waals surface area contributed by atoms with Gasteiger partial charge in [-0.3, -0.25) is 4.79 Å². The Morgan fingerprint density at radius 3 is 2.75 bits per heavy atom. The quantitative estimate of drug-likeness (QED) is 0.452. The average molecular weight is 189 g/mol. The third-order valence-corrected chi connectivity index (χ3v) is 1.96. The van der Waals surface area contributed by atoms with Crippen LogP contribution in [0.2, 0.25) is 0 Å². The molecule has 0 amide bonds. The molecule has 70 valence electrons. The Morgan fingerprint density at radius 1 is 1.75 bits per heavy atom. The number of carboxylic acids is 1. The molecule has 1 atom stereocenters. The highest BCUT2D eigenvalue weighted by atomic mass is 32.1. The summed E-state index contributed by atoms with van der Waals surface area (Å²) in [6.45, 7) is 2.07. The van der Waals surface area contributed by atoms with Gasteiger partial charge in [0.1, 0.15) is 6.04 Å². The van der Waals surface area contributed by atoms with Crippen molar-refractivity contribution in [2.24, 2.45) is 5.73 Å². The third-order valence-electron chi connectivity index (χ3n) is 1.50. The molecular weight excluding hydrogens is 174 g/mol. The minimum Gasteiger partial charge on any atom is -0.480 e. The highest BCUT2D eigenvalue weighted by molar-refractivity contribution is 7.84. The summed E-state index contributed by atoms with van der Waals surface area (Å²) in [4.78, 5) is 10.8. The highest BCUT2D eigenvalue weighted by Crippen LogP contribution is 2.08. The van der Waals surface area contributed by atoms with Crippen LogP contribution < -0.4 is 5.73 Å². The van der Waals surface area contributed by atoms with Gasteiger partial charge in [-0.05, 0) is 6.42 Å². The molecule has 12 heavy (non-hydrogen) atoms. The predicted octanol–water partition coefficient (Wildman–Crippen LogP) is 1.40. The molecular formula is C8H15NO2S. The molecule has 0 spiro atoms. The fourth-order valence-corrected chi connectivity index (χ4v) is 0.947. The van der Waals surface area contributed by atoms with Crippen LogP contribution in [0.25, 0.3) is 0 Å². The molecule has 0 bridgehead atoms. The Bertz CT molecular complexity index is 180. The molecule has 4 heteroatoms. The molecule has 0 saturated heterocycles. The minimum atomic E-state index is -1.03. The molecule has 0 saturated carbocycles. The summed E-state index contributed by atoms with van der Waals surface area (Å²) >= 11 is 3.99. The molecule has 0 aliphatic heterocycles. The van der Waals surface area contributed by atoms with Gasteiger partial charge >= 0.3 is 5.97 Å². The summed E-state index contributed by atoms with van der Waals surface area (Å²) < 4.78 is 0. The zero-order valence-corrected chi connectivity index (χ0v) is 8.05. The SMILES string of the molecule is CCCCC=C(S)C(N)C(=O)O. The van der Waals surface area contributed by atoms with E-state index in [1.807, 2.05) is 0 Å². The number of hydrogen-bond acceptors (Lipinski definition) is 3. The molecule has 0 aromatic heterocycles. The van der Waals surface area contributed by atoms with E-state index in [4.69, 9.17) is 10.8 Å². The molecule has 0 heterocycles. The lowest BCUT2D eigenvalue weighted by molar-refractivity contribution is -0.137. The largest absolute Gasteiger partial charge is 0.480 e. The Kier molecular flexibility index (Phi) is 5.84. The van der Waals surface area contributed by atoms with E-state index in [-0.39, 0.29) is 0 Å². The maximum atomic E-state index is 10.4. The van der Waals surface area contributed by atoms with Gasteiger partial charge in [0.15, 0.2) is 0 Å². The summed E-state index contributed by atoms with van der Waals surface area (Å²) in [5.74, 6) is -1.03. The summed E-state index contributed by atoms with van der Waals surface area (Å²) in [7, 11) is 0. The van der Waals surface area contributed by atoms with E-state index in [1.165, 1.54) is 0 Å². The van der Waals surface area contributed by atoms with Gasteiger partial charge in [-0.1, -0.05) is 25.8 Å². The van der Waals surface area contributed by atoms with Crippen molar-refractivity contribution in [3.63, 3.8) is 0 Å². The lowest BCUT2D eigenvalue weighted by atomic mass is 10.2. The number of unbranched alkanes of at least 4 members (excludes halogenated alkanes) is 2. The smallest absolute Gasteiger partial charge is 0.325 e. The molecule has 0 aromatic carbocycles. The van der Waals surface area contributed by atoms with Gasteiger partial charge in [0, 0.05) is 4.91 Å². The van der Waals surface area contributed by atoms with E-state index in [9.17, 15) is 4.79 Å². The van der Waals surface area contributed by atoms with Crippen molar-refractivity contribution in [3.8, 4) is 0 Å². The van der Waals surface area contributed by atoms with Gasteiger partial charge in [0.25, 0.3) is 0 Å². The van der Waals surface area contributed by atoms with Gasteiger partial charge in [-0.15, -0.1) is 12.6 Å². The molecule has 1 unspecified atom stereocenters. The van der Waals surface area contributed by atoms with Gasteiger partial charge in [-0.2, -0.15) is 0 Å². The van der Waals surface area contributed by atoms with Gasteiger partial charge < -0.3 is 10.8 Å². The van der Waals surface area contributed by atoms with Crippen LogP contribution >= 0.6 is 12.6 Å². The van der Waals surface area contributed by atoms with Crippen molar-refractivity contribution < 1.29 is 9.90 Å². The molecule has 0 aliphatic carbocycles. The maximum Gasteiger partial charge on any atom is 0.325 e. The zero-order valence-electron chi connectivity index (χ0n) is 7.16. The second-order valence-electron chi connectivity index (χ2n) is 2.59. The zero-order chi connectivity index (χ0) is 9.56. The average Bonchev–Trinajstić information content (AvgIpc) is 2.03. The van der Waals surface area contributed by atoms with Gasteiger partial charge in [-0.25, -0.2) is 0 Å². The molecule has 0 fully saturated rings. The Labute approximate surface area is 78.1 Å². The molecule has 0 aromatic rings. The van der Waals surface area contributed by atoms with E-state index in [0.29, 0.717) is 4.91 Å². The maximum absolute atomic E-state index is 10.4. The number of thiol groups is 1. The Balaban J connectivity index is 3.90. The topological polar surface area (TPSA) is 63.3 Å². The molecule has 0 radical (unpaired) electrons. The van der Waals surface area contributed by atoms with Crippen molar-refractivity contribution in [2.75, 3.05) is 0 Å². The summed E-state index contributed by atoms with van der Waals surface area (Å²) in [6, 6.07) is -0.967. The molecule has 0 rings (SSSR count). The number of rotatable bonds is 5. The highest BCUT2D eigenvalue weighted by Gasteiger charge is 2.12. The number of allylic oxidation sites excluding steroid dienone is 1. The second-order valence-corrected chi connectivity index (χ2v) is 3.10. The van der Waals surface area contributed by atoms with E-state index in [0.717, 1.165) is 19.3 Å². The Morgan fingerprint density at radius 2 is 2.33 bits per heavy atom. The number of hydrogen-bond donors (Lipinski definition) is 3. The second kappa shape index (κ2) is 6.08. The number of carbonyl (C=O) groups is 1. The predicted molar refractivity (Wildman–Crippen MR) is 52.2 cm³/mol. The molecule has 3 nitrogen and oxygen atoms in total. The van der Waals surface area contributed by atoms with Crippen LogP contribution in [0.5, 0.6) is 0 Å². The van der Waals surface area contributed by atoms with Gasteiger partial charge in [0.2, 0.25) is 0 Å². The lowest BCUT2D eigenvalue weighted by Gasteiger charge is -2.04. The first-order chi connectivity index (χ1) is 5.59.